The minimum Gasteiger partial charge on any atom is -0.469 e. The highest BCUT2D eigenvalue weighted by Crippen LogP contribution is 2.62. The lowest BCUT2D eigenvalue weighted by Gasteiger charge is -2.42. The Hall–Kier alpha value is -3.07. The average molecular weight is 1270 g/mol. The van der Waals surface area contributed by atoms with E-state index in [0.29, 0.717) is 119 Å². The Morgan fingerprint density at radius 1 is 0.405 bits per heavy atom. The van der Waals surface area contributed by atoms with E-state index in [9.17, 15) is 84.6 Å². The Morgan fingerprint density at radius 2 is 0.667 bits per heavy atom. The summed E-state index contributed by atoms with van der Waals surface area (Å²) < 4.78 is 267. The van der Waals surface area contributed by atoms with Gasteiger partial charge in [0.25, 0.3) is 0 Å². The van der Waals surface area contributed by atoms with Gasteiger partial charge in [-0.15, -0.1) is 0 Å². The van der Waals surface area contributed by atoms with Crippen LogP contribution in [0.1, 0.15) is 126 Å². The summed E-state index contributed by atoms with van der Waals surface area (Å²) >= 11 is 0. The SMILES string of the molecule is CCC(C)(C)C(=O)OC.CCC(C)C(=O)OCC(F)(F)C(F)(F)C(F)(F)C(F)(F)C(F)(F)C(F)(F)C(F)(F)C(F)F.CCC(C)C(=O)OCCCOCCCOCCCOCCCOCCCOCCCOCCCOCCCOCCCO. The minimum atomic E-state index is -8.46. The maximum absolute atomic E-state index is 13.5. The van der Waals surface area contributed by atoms with E-state index in [1.165, 1.54) is 14.0 Å². The molecule has 2 atom stereocenters. The van der Waals surface area contributed by atoms with Crippen molar-refractivity contribution >= 4 is 17.9 Å². The summed E-state index contributed by atoms with van der Waals surface area (Å²) in [7, 11) is 1.42. The number of esters is 3. The number of hydrogen-bond acceptors (Lipinski definition) is 15. The number of rotatable bonds is 50. The van der Waals surface area contributed by atoms with Crippen molar-refractivity contribution in [1.29, 1.82) is 0 Å². The predicted octanol–water partition coefficient (Wildman–Crippen LogP) is 12.1. The zero-order valence-corrected chi connectivity index (χ0v) is 49.4. The van der Waals surface area contributed by atoms with Gasteiger partial charge in [0.15, 0.2) is 6.61 Å². The van der Waals surface area contributed by atoms with E-state index >= 15 is 0 Å². The molecule has 0 amide bonds. The number of alkyl halides is 16. The molecule has 0 heterocycles. The third kappa shape index (κ3) is 31.7. The summed E-state index contributed by atoms with van der Waals surface area (Å²) in [5.41, 5.74) is -0.311. The fraction of sp³-hybridized carbons (Fsp3) is 0.943. The van der Waals surface area contributed by atoms with Crippen molar-refractivity contribution in [3.63, 3.8) is 0 Å². The molecule has 0 rings (SSSR count). The van der Waals surface area contributed by atoms with Crippen LogP contribution in [0.3, 0.4) is 0 Å². The summed E-state index contributed by atoms with van der Waals surface area (Å²) in [5.74, 6) is -58.6. The van der Waals surface area contributed by atoms with Gasteiger partial charge >= 0.3 is 65.8 Å². The molecule has 0 aliphatic carbocycles. The van der Waals surface area contributed by atoms with Crippen LogP contribution >= 0.6 is 0 Å². The van der Waals surface area contributed by atoms with Crippen molar-refractivity contribution < 1.29 is 142 Å². The molecule has 0 aliphatic heterocycles. The molecule has 0 aromatic rings. The van der Waals surface area contributed by atoms with Crippen molar-refractivity contribution in [2.24, 2.45) is 17.3 Å². The highest BCUT2D eigenvalue weighted by molar-refractivity contribution is 5.75. The monoisotopic (exact) mass is 1270 g/mol. The molecule has 31 heteroatoms. The van der Waals surface area contributed by atoms with Gasteiger partial charge in [-0.1, -0.05) is 34.6 Å². The maximum atomic E-state index is 13.5. The molecular formula is C53H90F16O15. The number of aliphatic hydroxyl groups excluding tert-OH is 1. The van der Waals surface area contributed by atoms with Crippen LogP contribution in [0.2, 0.25) is 0 Å². The van der Waals surface area contributed by atoms with Gasteiger partial charge in [0.1, 0.15) is 0 Å². The molecule has 0 aliphatic rings. The van der Waals surface area contributed by atoms with Gasteiger partial charge in [0.2, 0.25) is 0 Å². The van der Waals surface area contributed by atoms with Crippen LogP contribution in [0.25, 0.3) is 0 Å². The van der Waals surface area contributed by atoms with Gasteiger partial charge in [-0.05, 0) is 84.5 Å². The van der Waals surface area contributed by atoms with Crippen molar-refractivity contribution in [3.8, 4) is 0 Å². The van der Waals surface area contributed by atoms with Crippen molar-refractivity contribution in [2.45, 2.75) is 173 Å². The number of hydrogen-bond donors (Lipinski definition) is 1. The molecule has 84 heavy (non-hydrogen) atoms. The molecule has 2 unspecified atom stereocenters. The molecule has 0 saturated heterocycles. The lowest BCUT2D eigenvalue weighted by Crippen LogP contribution is -2.74. The van der Waals surface area contributed by atoms with Gasteiger partial charge in [0, 0.05) is 119 Å². The number of ether oxygens (including phenoxy) is 11. The molecular weight excluding hydrogens is 1180 g/mol. The predicted molar refractivity (Wildman–Crippen MR) is 273 cm³/mol. The van der Waals surface area contributed by atoms with Crippen LogP contribution < -0.4 is 0 Å². The number of methoxy groups -OCH3 is 1. The number of carbonyl (C=O) groups is 3. The Labute approximate surface area is 482 Å². The largest absolute Gasteiger partial charge is 0.469 e. The summed E-state index contributed by atoms with van der Waals surface area (Å²) in [6, 6.07) is 0. The highest BCUT2D eigenvalue weighted by atomic mass is 19.4. The molecule has 0 aromatic heterocycles. The molecule has 15 nitrogen and oxygen atoms in total. The smallest absolute Gasteiger partial charge is 0.385 e. The van der Waals surface area contributed by atoms with E-state index < -0.39 is 66.4 Å². The fourth-order valence-electron chi connectivity index (χ4n) is 5.62. The Bertz CT molecular complexity index is 1670. The first-order chi connectivity index (χ1) is 39.1. The second kappa shape index (κ2) is 45.2. The molecule has 0 saturated carbocycles. The lowest BCUT2D eigenvalue weighted by atomic mass is 9.89. The topological polar surface area (TPSA) is 173 Å². The number of halogens is 16. The van der Waals surface area contributed by atoms with E-state index in [2.05, 4.69) is 9.47 Å². The Morgan fingerprint density at radius 3 is 0.917 bits per heavy atom. The van der Waals surface area contributed by atoms with Crippen molar-refractivity contribution in [1.82, 2.24) is 0 Å². The summed E-state index contributed by atoms with van der Waals surface area (Å²) in [5, 5.41) is 8.66. The van der Waals surface area contributed by atoms with E-state index in [-0.39, 0.29) is 36.3 Å². The maximum Gasteiger partial charge on any atom is 0.385 e. The van der Waals surface area contributed by atoms with Gasteiger partial charge in [-0.2, -0.15) is 61.5 Å². The first-order valence-electron chi connectivity index (χ1n) is 27.6. The second-order valence-corrected chi connectivity index (χ2v) is 19.4. The quantitative estimate of drug-likeness (QED) is 0.0264. The third-order valence-electron chi connectivity index (χ3n) is 11.9. The summed E-state index contributed by atoms with van der Waals surface area (Å²) in [6.45, 7) is 20.1. The minimum absolute atomic E-state index is 0.0308. The Kier molecular flexibility index (Phi) is 45.8. The number of carbonyl (C=O) groups excluding carboxylic acids is 3. The normalized spacial score (nSPS) is 13.6. The van der Waals surface area contributed by atoms with Crippen molar-refractivity contribution in [3.05, 3.63) is 0 Å². The first kappa shape index (κ1) is 85.1. The lowest BCUT2D eigenvalue weighted by molar-refractivity contribution is -0.447. The molecule has 0 spiro atoms. The van der Waals surface area contributed by atoms with Gasteiger partial charge in [-0.3, -0.25) is 14.4 Å². The van der Waals surface area contributed by atoms with Crippen molar-refractivity contribution in [2.75, 3.05) is 133 Å². The van der Waals surface area contributed by atoms with Crippen LogP contribution in [0, 0.1) is 17.3 Å². The third-order valence-corrected chi connectivity index (χ3v) is 11.9. The zero-order valence-electron chi connectivity index (χ0n) is 49.4. The van der Waals surface area contributed by atoms with Crippen LogP contribution in [-0.2, 0) is 66.5 Å². The highest BCUT2D eigenvalue weighted by Gasteiger charge is 2.93. The standard InChI is InChI=1S/C32H64O11.C14H12F16O2.C7H14O2/c1-3-31(2)32(34)43-30-12-29-42-28-11-27-41-26-10-25-40-24-9-23-39-22-8-21-38-20-7-19-37-18-6-17-36-16-5-15-35-14-4-13-33;1-3-5(2)6(31)32-4-8(17,18)10(21,22)12(25,26)14(29,30)13(27,28)11(23,24)9(19,20)7(15)16;1-5-7(2,3)6(8)9-4/h31,33H,3-30H2,1-2H3;5,7H,3-4H2,1-2H3;5H2,1-4H3. The average Bonchev–Trinajstić information content (AvgIpc) is 0.927. The first-order valence-corrected chi connectivity index (χ1v) is 27.6. The summed E-state index contributed by atoms with van der Waals surface area (Å²) in [6.07, 6.45) is 3.12. The van der Waals surface area contributed by atoms with E-state index in [1.807, 2.05) is 34.6 Å². The Balaban J connectivity index is -0.00000140. The van der Waals surface area contributed by atoms with Crippen LogP contribution in [-0.4, -0.2) is 204 Å². The van der Waals surface area contributed by atoms with Gasteiger partial charge in [-0.25, -0.2) is 8.78 Å². The van der Waals surface area contributed by atoms with E-state index in [0.717, 1.165) is 71.1 Å². The van der Waals surface area contributed by atoms with E-state index in [4.69, 9.17) is 47.7 Å². The molecule has 0 fully saturated rings. The fourth-order valence-corrected chi connectivity index (χ4v) is 5.62. The molecule has 0 bridgehead atoms. The second-order valence-electron chi connectivity index (χ2n) is 19.4. The van der Waals surface area contributed by atoms with Gasteiger partial charge < -0.3 is 57.2 Å². The van der Waals surface area contributed by atoms with Crippen LogP contribution in [0.4, 0.5) is 70.2 Å². The van der Waals surface area contributed by atoms with Crippen LogP contribution in [0.5, 0.6) is 0 Å². The van der Waals surface area contributed by atoms with E-state index in [1.54, 1.807) is 0 Å². The van der Waals surface area contributed by atoms with Gasteiger partial charge in [0.05, 0.1) is 31.0 Å². The summed E-state index contributed by atoms with van der Waals surface area (Å²) in [4.78, 5) is 33.5. The van der Waals surface area contributed by atoms with Crippen LogP contribution in [0.15, 0.2) is 0 Å². The molecule has 0 radical (unpaired) electrons. The zero-order chi connectivity index (χ0) is 65.2. The molecule has 1 N–H and O–H groups in total. The number of aliphatic hydroxyl groups is 1. The molecule has 504 valence electrons. The molecule has 0 aromatic carbocycles.